The van der Waals surface area contributed by atoms with Crippen LogP contribution in [0.2, 0.25) is 0 Å². The lowest BCUT2D eigenvalue weighted by atomic mass is 10.3. The zero-order chi connectivity index (χ0) is 11.1. The maximum Gasteiger partial charge on any atom is 0.171 e. The van der Waals surface area contributed by atoms with E-state index in [1.54, 1.807) is 0 Å². The molecule has 6 heteroatoms. The van der Waals surface area contributed by atoms with Gasteiger partial charge in [-0.25, -0.2) is 13.4 Å². The smallest absolute Gasteiger partial charge is 0.171 e. The fraction of sp³-hybridized carbons (Fsp3) is 0.556. The number of sulfone groups is 1. The Morgan fingerprint density at radius 2 is 2.33 bits per heavy atom. The summed E-state index contributed by atoms with van der Waals surface area (Å²) in [7, 11) is -3.02. The molecular weight excluding hydrogens is 234 g/mol. The van der Waals surface area contributed by atoms with Crippen LogP contribution in [-0.4, -0.2) is 24.9 Å². The molecule has 1 aliphatic rings. The van der Waals surface area contributed by atoms with E-state index in [0.717, 1.165) is 0 Å². The van der Waals surface area contributed by atoms with Crippen molar-refractivity contribution in [2.45, 2.75) is 25.0 Å². The van der Waals surface area contributed by atoms with E-state index in [-0.39, 0.29) is 11.5 Å². The molecule has 4 nitrogen and oxygen atoms in total. The SMILES string of the molecule is CC(=O)c1cnc(C2CCCS2(=O)=O)s1. The Morgan fingerprint density at radius 3 is 2.80 bits per heavy atom. The lowest BCUT2D eigenvalue weighted by Gasteiger charge is -2.03. The number of rotatable bonds is 2. The predicted molar refractivity (Wildman–Crippen MR) is 57.9 cm³/mol. The van der Waals surface area contributed by atoms with Crippen LogP contribution in [0.3, 0.4) is 0 Å². The molecule has 0 aliphatic carbocycles. The van der Waals surface area contributed by atoms with E-state index in [4.69, 9.17) is 0 Å². The average Bonchev–Trinajstić information content (AvgIpc) is 2.69. The summed E-state index contributed by atoms with van der Waals surface area (Å²) >= 11 is 1.20. The minimum Gasteiger partial charge on any atom is -0.294 e. The summed E-state index contributed by atoms with van der Waals surface area (Å²) in [6.45, 7) is 1.46. The van der Waals surface area contributed by atoms with Gasteiger partial charge < -0.3 is 0 Å². The third kappa shape index (κ3) is 1.96. The lowest BCUT2D eigenvalue weighted by molar-refractivity contribution is 0.102. The monoisotopic (exact) mass is 245 g/mol. The summed E-state index contributed by atoms with van der Waals surface area (Å²) in [5, 5.41) is 0.0910. The highest BCUT2D eigenvalue weighted by Gasteiger charge is 2.34. The molecule has 2 rings (SSSR count). The van der Waals surface area contributed by atoms with Gasteiger partial charge in [0, 0.05) is 13.1 Å². The lowest BCUT2D eigenvalue weighted by Crippen LogP contribution is -2.07. The van der Waals surface area contributed by atoms with Crippen LogP contribution in [0, 0.1) is 0 Å². The van der Waals surface area contributed by atoms with Gasteiger partial charge in [-0.05, 0) is 12.8 Å². The molecule has 1 atom stereocenters. The second-order valence-electron chi connectivity index (χ2n) is 3.62. The molecule has 2 heterocycles. The minimum atomic E-state index is -3.02. The van der Waals surface area contributed by atoms with Crippen LogP contribution in [0.4, 0.5) is 0 Å². The molecule has 1 saturated heterocycles. The molecule has 1 fully saturated rings. The van der Waals surface area contributed by atoms with Gasteiger partial charge in [-0.2, -0.15) is 0 Å². The first-order valence-electron chi connectivity index (χ1n) is 4.69. The number of thiazole rings is 1. The van der Waals surface area contributed by atoms with E-state index in [2.05, 4.69) is 4.98 Å². The van der Waals surface area contributed by atoms with E-state index in [0.29, 0.717) is 22.7 Å². The van der Waals surface area contributed by atoms with Crippen molar-refractivity contribution in [3.05, 3.63) is 16.1 Å². The minimum absolute atomic E-state index is 0.0610. The van der Waals surface area contributed by atoms with Gasteiger partial charge in [0.05, 0.1) is 10.6 Å². The van der Waals surface area contributed by atoms with Crippen LogP contribution in [0.25, 0.3) is 0 Å². The van der Waals surface area contributed by atoms with Crippen LogP contribution in [0.5, 0.6) is 0 Å². The summed E-state index contributed by atoms with van der Waals surface area (Å²) in [4.78, 5) is 15.6. The van der Waals surface area contributed by atoms with Crippen LogP contribution in [0.1, 0.15) is 39.7 Å². The number of carbonyl (C=O) groups excluding carboxylic acids is 1. The molecule has 82 valence electrons. The van der Waals surface area contributed by atoms with Crippen molar-refractivity contribution >= 4 is 27.0 Å². The summed E-state index contributed by atoms with van der Waals surface area (Å²) < 4.78 is 23.2. The molecule has 0 aromatic carbocycles. The van der Waals surface area contributed by atoms with Crippen molar-refractivity contribution < 1.29 is 13.2 Å². The van der Waals surface area contributed by atoms with Crippen molar-refractivity contribution in [1.29, 1.82) is 0 Å². The Morgan fingerprint density at radius 1 is 1.60 bits per heavy atom. The van der Waals surface area contributed by atoms with Gasteiger partial charge in [0.15, 0.2) is 15.6 Å². The zero-order valence-electron chi connectivity index (χ0n) is 8.26. The molecule has 1 unspecified atom stereocenters. The standard InChI is InChI=1S/C9H11NO3S2/c1-6(11)7-5-10-9(14-7)8-3-2-4-15(8,12)13/h5,8H,2-4H2,1H3. The summed E-state index contributed by atoms with van der Waals surface area (Å²) in [6, 6.07) is 0. The molecule has 1 aromatic heterocycles. The average molecular weight is 245 g/mol. The molecule has 0 amide bonds. The molecule has 1 aliphatic heterocycles. The zero-order valence-corrected chi connectivity index (χ0v) is 9.90. The number of aromatic nitrogens is 1. The van der Waals surface area contributed by atoms with Gasteiger partial charge in [-0.1, -0.05) is 0 Å². The first-order valence-corrected chi connectivity index (χ1v) is 7.22. The molecule has 15 heavy (non-hydrogen) atoms. The Kier molecular flexibility index (Phi) is 2.64. The van der Waals surface area contributed by atoms with Crippen molar-refractivity contribution in [2.24, 2.45) is 0 Å². The number of nitrogens with zero attached hydrogens (tertiary/aromatic N) is 1. The van der Waals surface area contributed by atoms with Gasteiger partial charge in [0.2, 0.25) is 0 Å². The third-order valence-corrected chi connectivity index (χ3v) is 6.02. The highest BCUT2D eigenvalue weighted by Crippen LogP contribution is 2.36. The van der Waals surface area contributed by atoms with Crippen molar-refractivity contribution in [3.8, 4) is 0 Å². The van der Waals surface area contributed by atoms with Crippen LogP contribution >= 0.6 is 11.3 Å². The molecule has 1 aromatic rings. The van der Waals surface area contributed by atoms with E-state index in [1.807, 2.05) is 0 Å². The quantitative estimate of drug-likeness (QED) is 0.742. The number of ketones is 1. The summed E-state index contributed by atoms with van der Waals surface area (Å²) in [5.41, 5.74) is 0. The molecule has 0 spiro atoms. The molecular formula is C9H11NO3S2. The van der Waals surface area contributed by atoms with E-state index >= 15 is 0 Å². The molecule has 0 bridgehead atoms. The number of Topliss-reactive ketones (excluding diaryl/α,β-unsaturated/α-hetero) is 1. The van der Waals surface area contributed by atoms with Gasteiger partial charge in [0.25, 0.3) is 0 Å². The second-order valence-corrected chi connectivity index (χ2v) is 6.98. The van der Waals surface area contributed by atoms with Gasteiger partial charge in [-0.15, -0.1) is 11.3 Å². The normalized spacial score (nSPS) is 24.2. The molecule has 0 radical (unpaired) electrons. The van der Waals surface area contributed by atoms with Crippen molar-refractivity contribution in [2.75, 3.05) is 5.75 Å². The Hall–Kier alpha value is -0.750. The van der Waals surface area contributed by atoms with Crippen molar-refractivity contribution in [3.63, 3.8) is 0 Å². The van der Waals surface area contributed by atoms with Gasteiger partial charge in [0.1, 0.15) is 10.3 Å². The van der Waals surface area contributed by atoms with Crippen LogP contribution < -0.4 is 0 Å². The number of hydrogen-bond donors (Lipinski definition) is 0. The van der Waals surface area contributed by atoms with Crippen molar-refractivity contribution in [1.82, 2.24) is 4.98 Å². The number of hydrogen-bond acceptors (Lipinski definition) is 5. The highest BCUT2D eigenvalue weighted by molar-refractivity contribution is 7.92. The van der Waals surface area contributed by atoms with Crippen LogP contribution in [-0.2, 0) is 9.84 Å². The Balaban J connectivity index is 2.34. The van der Waals surface area contributed by atoms with E-state index in [9.17, 15) is 13.2 Å². The third-order valence-electron chi connectivity index (χ3n) is 2.47. The first kappa shape index (κ1) is 10.8. The maximum atomic E-state index is 11.6. The first-order chi connectivity index (χ1) is 7.00. The summed E-state index contributed by atoms with van der Waals surface area (Å²) in [5.74, 6) is 0.182. The van der Waals surface area contributed by atoms with Crippen LogP contribution in [0.15, 0.2) is 6.20 Å². The predicted octanol–water partition coefficient (Wildman–Crippen LogP) is 1.60. The maximum absolute atomic E-state index is 11.6. The fourth-order valence-corrected chi connectivity index (χ4v) is 4.83. The largest absolute Gasteiger partial charge is 0.294 e. The second kappa shape index (κ2) is 3.68. The molecule has 0 saturated carbocycles. The number of carbonyl (C=O) groups is 1. The van der Waals surface area contributed by atoms with Gasteiger partial charge >= 0.3 is 0 Å². The highest BCUT2D eigenvalue weighted by atomic mass is 32.2. The molecule has 0 N–H and O–H groups in total. The topological polar surface area (TPSA) is 64.1 Å². The Bertz CT molecular complexity index is 489. The van der Waals surface area contributed by atoms with E-state index in [1.165, 1.54) is 24.5 Å². The Labute approximate surface area is 92.3 Å². The van der Waals surface area contributed by atoms with Gasteiger partial charge in [-0.3, -0.25) is 4.79 Å². The van der Waals surface area contributed by atoms with E-state index < -0.39 is 15.1 Å². The summed E-state index contributed by atoms with van der Waals surface area (Å²) in [6.07, 6.45) is 2.80. The fourth-order valence-electron chi connectivity index (χ4n) is 1.67.